The topological polar surface area (TPSA) is 119 Å². The quantitative estimate of drug-likeness (QED) is 0.277. The van der Waals surface area contributed by atoms with E-state index in [4.69, 9.17) is 15.7 Å². The smallest absolute Gasteiger partial charge is 0.338 e. The third-order valence-corrected chi connectivity index (χ3v) is 7.66. The van der Waals surface area contributed by atoms with Crippen LogP contribution in [0.15, 0.2) is 70.4 Å². The summed E-state index contributed by atoms with van der Waals surface area (Å²) in [5.41, 5.74) is 6.13. The van der Waals surface area contributed by atoms with E-state index < -0.39 is 29.4 Å². The first kappa shape index (κ1) is 27.7. The third kappa shape index (κ3) is 5.32. The molecular weight excluding hydrogens is 550 g/mol. The van der Waals surface area contributed by atoms with Crippen molar-refractivity contribution in [3.63, 3.8) is 0 Å². The lowest BCUT2D eigenvalue weighted by Crippen LogP contribution is -2.39. The van der Waals surface area contributed by atoms with Crippen molar-refractivity contribution in [2.24, 2.45) is 0 Å². The molecular formula is C29H24F2N6O3S. The number of rotatable bonds is 8. The van der Waals surface area contributed by atoms with Crippen LogP contribution in [0.5, 0.6) is 5.75 Å². The number of nitrogens with two attached hydrogens (primary N) is 1. The highest BCUT2D eigenvalue weighted by atomic mass is 32.1. The van der Waals surface area contributed by atoms with Gasteiger partial charge in [-0.3, -0.25) is 9.36 Å². The van der Waals surface area contributed by atoms with Gasteiger partial charge in [0.2, 0.25) is 0 Å². The molecule has 0 atom stereocenters. The van der Waals surface area contributed by atoms with Gasteiger partial charge in [0.25, 0.3) is 5.56 Å². The highest BCUT2D eigenvalue weighted by Crippen LogP contribution is 2.38. The Kier molecular flexibility index (Phi) is 7.65. The van der Waals surface area contributed by atoms with E-state index in [1.165, 1.54) is 40.3 Å². The number of nitrogens with zero attached hydrogens (tertiary/aromatic N) is 5. The molecule has 0 fully saturated rings. The fourth-order valence-corrected chi connectivity index (χ4v) is 5.79. The van der Waals surface area contributed by atoms with Crippen molar-refractivity contribution in [1.82, 2.24) is 19.0 Å². The van der Waals surface area contributed by atoms with Crippen LogP contribution in [-0.2, 0) is 13.1 Å². The van der Waals surface area contributed by atoms with Gasteiger partial charge < -0.3 is 15.4 Å². The Bertz CT molecular complexity index is 1890. The molecule has 0 saturated carbocycles. The van der Waals surface area contributed by atoms with E-state index >= 15 is 0 Å². The lowest BCUT2D eigenvalue weighted by molar-refractivity contribution is 0.366. The molecule has 3 aromatic heterocycles. The fourth-order valence-electron chi connectivity index (χ4n) is 4.49. The van der Waals surface area contributed by atoms with Gasteiger partial charge in [-0.25, -0.2) is 23.1 Å². The molecule has 9 nitrogen and oxygen atoms in total. The van der Waals surface area contributed by atoms with Crippen molar-refractivity contribution < 1.29 is 13.5 Å². The Morgan fingerprint density at radius 3 is 2.37 bits per heavy atom. The van der Waals surface area contributed by atoms with E-state index in [0.29, 0.717) is 17.8 Å². The molecule has 5 rings (SSSR count). The molecule has 0 bridgehead atoms. The maximum Gasteiger partial charge on any atom is 0.338 e. The van der Waals surface area contributed by atoms with Crippen LogP contribution >= 0.6 is 11.3 Å². The summed E-state index contributed by atoms with van der Waals surface area (Å²) in [7, 11) is 3.70. The van der Waals surface area contributed by atoms with E-state index in [1.54, 1.807) is 12.1 Å². The molecule has 3 heterocycles. The van der Waals surface area contributed by atoms with Crippen LogP contribution < -0.4 is 21.7 Å². The molecule has 0 aliphatic carbocycles. The molecule has 0 unspecified atom stereocenters. The number of benzene rings is 2. The van der Waals surface area contributed by atoms with E-state index in [0.717, 1.165) is 27.1 Å². The molecule has 12 heteroatoms. The van der Waals surface area contributed by atoms with Gasteiger partial charge in [-0.15, -0.1) is 11.3 Å². The maximum absolute atomic E-state index is 14.8. The maximum atomic E-state index is 14.8. The number of ether oxygens (including phenoxy) is 1. The Morgan fingerprint density at radius 1 is 1.05 bits per heavy atom. The first-order valence-electron chi connectivity index (χ1n) is 12.4. The Balaban J connectivity index is 1.84. The van der Waals surface area contributed by atoms with Crippen LogP contribution in [0.4, 0.5) is 14.5 Å². The van der Waals surface area contributed by atoms with E-state index in [1.807, 2.05) is 37.2 Å². The van der Waals surface area contributed by atoms with E-state index in [-0.39, 0.29) is 34.0 Å². The molecule has 2 aromatic carbocycles. The SMILES string of the molecule is CN(C)Cc1c(-c2ccc(N)cc2)sc2c1c(=O)n(-c1ccc(OCC#N)cn1)c(=O)n2Cc1c(F)cccc1F. The number of nitrogen functional groups attached to an aromatic ring is 1. The van der Waals surface area contributed by atoms with Crippen LogP contribution in [-0.4, -0.2) is 39.7 Å². The van der Waals surface area contributed by atoms with Gasteiger partial charge in [0.15, 0.2) is 6.61 Å². The summed E-state index contributed by atoms with van der Waals surface area (Å²) in [6.07, 6.45) is 1.29. The Morgan fingerprint density at radius 2 is 1.76 bits per heavy atom. The van der Waals surface area contributed by atoms with Crippen molar-refractivity contribution in [2.75, 3.05) is 26.4 Å². The molecule has 41 heavy (non-hydrogen) atoms. The number of pyridine rings is 1. The number of halogens is 2. The second-order valence-electron chi connectivity index (χ2n) is 9.46. The minimum atomic E-state index is -0.816. The predicted molar refractivity (Wildman–Crippen MR) is 153 cm³/mol. The van der Waals surface area contributed by atoms with Crippen molar-refractivity contribution in [1.29, 1.82) is 5.26 Å². The first-order valence-corrected chi connectivity index (χ1v) is 13.2. The summed E-state index contributed by atoms with van der Waals surface area (Å²) < 4.78 is 36.9. The van der Waals surface area contributed by atoms with Gasteiger partial charge in [0.05, 0.1) is 18.1 Å². The van der Waals surface area contributed by atoms with Crippen molar-refractivity contribution in [3.8, 4) is 28.1 Å². The summed E-state index contributed by atoms with van der Waals surface area (Å²) in [6, 6.07) is 15.3. The summed E-state index contributed by atoms with van der Waals surface area (Å²) in [5, 5.41) is 9.00. The number of aromatic nitrogens is 3. The molecule has 0 saturated heterocycles. The summed E-state index contributed by atoms with van der Waals surface area (Å²) >= 11 is 1.19. The average molecular weight is 575 g/mol. The minimum Gasteiger partial charge on any atom is -0.477 e. The standard InChI is InChI=1S/C29H24F2N6O3S/c1-35(2)15-21-25-27(38)37(24-11-10-19(14-34-24)40-13-12-32)29(39)36(16-20-22(30)4-3-5-23(20)31)28(25)41-26(21)17-6-8-18(33)9-7-17/h3-11,14H,13,15-16,33H2,1-2H3. The highest BCUT2D eigenvalue weighted by Gasteiger charge is 2.25. The minimum absolute atomic E-state index is 0.00926. The second-order valence-corrected chi connectivity index (χ2v) is 10.5. The normalized spacial score (nSPS) is 11.2. The third-order valence-electron chi connectivity index (χ3n) is 6.35. The zero-order chi connectivity index (χ0) is 29.3. The first-order chi connectivity index (χ1) is 19.7. The molecule has 2 N–H and O–H groups in total. The average Bonchev–Trinajstić information content (AvgIpc) is 3.31. The van der Waals surface area contributed by atoms with Crippen LogP contribution in [0.3, 0.4) is 0 Å². The lowest BCUT2D eigenvalue weighted by atomic mass is 10.1. The summed E-state index contributed by atoms with van der Waals surface area (Å²) in [6.45, 7) is -0.319. The molecule has 0 amide bonds. The lowest BCUT2D eigenvalue weighted by Gasteiger charge is -2.14. The molecule has 208 valence electrons. The summed E-state index contributed by atoms with van der Waals surface area (Å²) in [5.74, 6) is -1.37. The second kappa shape index (κ2) is 11.3. The monoisotopic (exact) mass is 574 g/mol. The molecule has 0 aliphatic rings. The number of hydrogen-bond acceptors (Lipinski definition) is 8. The van der Waals surface area contributed by atoms with E-state index in [2.05, 4.69) is 4.98 Å². The number of thiophene rings is 1. The van der Waals surface area contributed by atoms with Gasteiger partial charge in [0.1, 0.15) is 34.1 Å². The van der Waals surface area contributed by atoms with Crippen molar-refractivity contribution in [2.45, 2.75) is 13.1 Å². The number of hydrogen-bond donors (Lipinski definition) is 1. The van der Waals surface area contributed by atoms with Gasteiger partial charge in [-0.2, -0.15) is 5.26 Å². The molecule has 0 radical (unpaired) electrons. The van der Waals surface area contributed by atoms with Gasteiger partial charge in [-0.1, -0.05) is 18.2 Å². The van der Waals surface area contributed by atoms with Crippen molar-refractivity contribution >= 4 is 27.2 Å². The van der Waals surface area contributed by atoms with Crippen LogP contribution in [0, 0.1) is 23.0 Å². The van der Waals surface area contributed by atoms with E-state index in [9.17, 15) is 18.4 Å². The summed E-state index contributed by atoms with van der Waals surface area (Å²) in [4.78, 5) is 35.2. The number of nitriles is 1. The molecule has 5 aromatic rings. The van der Waals surface area contributed by atoms with Gasteiger partial charge >= 0.3 is 5.69 Å². The Labute approximate surface area is 236 Å². The predicted octanol–water partition coefficient (Wildman–Crippen LogP) is 4.15. The fraction of sp³-hybridized carbons (Fsp3) is 0.172. The largest absolute Gasteiger partial charge is 0.477 e. The zero-order valence-corrected chi connectivity index (χ0v) is 22.9. The highest BCUT2D eigenvalue weighted by molar-refractivity contribution is 7.22. The molecule has 0 aliphatic heterocycles. The number of fused-ring (bicyclic) bond motifs is 1. The van der Waals surface area contributed by atoms with Crippen LogP contribution in [0.1, 0.15) is 11.1 Å². The number of anilines is 1. The van der Waals surface area contributed by atoms with Crippen LogP contribution in [0.25, 0.3) is 26.5 Å². The Hall–Kier alpha value is -4.86. The van der Waals surface area contributed by atoms with Gasteiger partial charge in [0, 0.05) is 22.7 Å². The van der Waals surface area contributed by atoms with Crippen molar-refractivity contribution in [3.05, 3.63) is 104 Å². The molecule has 0 spiro atoms. The van der Waals surface area contributed by atoms with Gasteiger partial charge in [-0.05, 0) is 61.6 Å². The van der Waals surface area contributed by atoms with Crippen LogP contribution in [0.2, 0.25) is 0 Å². The zero-order valence-electron chi connectivity index (χ0n) is 22.1.